The molecule has 0 atom stereocenters. The van der Waals surface area contributed by atoms with Gasteiger partial charge in [-0.05, 0) is 45.8 Å². The smallest absolute Gasteiger partial charge is 0.169 e. The van der Waals surface area contributed by atoms with E-state index in [1.807, 2.05) is 6.07 Å². The molecule has 0 bridgehead atoms. The van der Waals surface area contributed by atoms with E-state index in [4.69, 9.17) is 10.5 Å². The number of nitrogen functional groups attached to an aromatic ring is 1. The lowest BCUT2D eigenvalue weighted by Crippen LogP contribution is -2.00. The van der Waals surface area contributed by atoms with E-state index in [0.29, 0.717) is 5.69 Å². The third kappa shape index (κ3) is 3.67. The highest BCUT2D eigenvalue weighted by atomic mass is 79.9. The Morgan fingerprint density at radius 3 is 2.42 bits per heavy atom. The molecule has 0 aliphatic rings. The number of nitrogens with two attached hydrogens (primary N) is 1. The molecule has 2 N–H and O–H groups in total. The van der Waals surface area contributed by atoms with Gasteiger partial charge < -0.3 is 10.5 Å². The fourth-order valence-corrected chi connectivity index (χ4v) is 2.66. The van der Waals surface area contributed by atoms with Gasteiger partial charge in [-0.2, -0.15) is 0 Å². The van der Waals surface area contributed by atoms with Crippen LogP contribution >= 0.6 is 31.9 Å². The average Bonchev–Trinajstić information content (AvgIpc) is 2.25. The molecular formula is C13H9Br2F2NO. The Morgan fingerprint density at radius 1 is 1.05 bits per heavy atom. The van der Waals surface area contributed by atoms with Crippen molar-refractivity contribution < 1.29 is 13.5 Å². The van der Waals surface area contributed by atoms with Crippen molar-refractivity contribution in [2.75, 3.05) is 5.73 Å². The van der Waals surface area contributed by atoms with Crippen molar-refractivity contribution >= 4 is 37.5 Å². The third-order valence-corrected chi connectivity index (χ3v) is 3.37. The van der Waals surface area contributed by atoms with Gasteiger partial charge in [-0.3, -0.25) is 0 Å². The molecule has 19 heavy (non-hydrogen) atoms. The van der Waals surface area contributed by atoms with Gasteiger partial charge in [0.1, 0.15) is 12.4 Å². The van der Waals surface area contributed by atoms with E-state index in [2.05, 4.69) is 31.9 Å². The summed E-state index contributed by atoms with van der Waals surface area (Å²) in [7, 11) is 0. The van der Waals surface area contributed by atoms with Crippen LogP contribution in [0.4, 0.5) is 14.5 Å². The summed E-state index contributed by atoms with van der Waals surface area (Å²) in [5.41, 5.74) is 7.05. The van der Waals surface area contributed by atoms with Crippen LogP contribution in [0.5, 0.6) is 5.75 Å². The molecular weight excluding hydrogens is 384 g/mol. The Balaban J connectivity index is 2.19. The van der Waals surface area contributed by atoms with E-state index in [0.717, 1.165) is 22.2 Å². The minimum absolute atomic E-state index is 0.0278. The van der Waals surface area contributed by atoms with E-state index < -0.39 is 11.6 Å². The zero-order chi connectivity index (χ0) is 14.0. The number of ether oxygens (including phenoxy) is 1. The van der Waals surface area contributed by atoms with Crippen LogP contribution in [-0.4, -0.2) is 0 Å². The average molecular weight is 393 g/mol. The van der Waals surface area contributed by atoms with Gasteiger partial charge in [0.25, 0.3) is 0 Å². The zero-order valence-corrected chi connectivity index (χ0v) is 12.8. The first kappa shape index (κ1) is 14.3. The Morgan fingerprint density at radius 2 is 1.79 bits per heavy atom. The Bertz CT molecular complexity index is 576. The minimum atomic E-state index is -0.755. The number of hydrogen-bond acceptors (Lipinski definition) is 2. The fourth-order valence-electron chi connectivity index (χ4n) is 1.58. The van der Waals surface area contributed by atoms with Gasteiger partial charge in [-0.1, -0.05) is 15.9 Å². The van der Waals surface area contributed by atoms with Gasteiger partial charge in [0.05, 0.1) is 4.47 Å². The zero-order valence-electron chi connectivity index (χ0n) is 9.59. The molecule has 2 rings (SSSR count). The molecule has 0 radical (unpaired) electrons. The monoisotopic (exact) mass is 391 g/mol. The molecule has 0 saturated carbocycles. The largest absolute Gasteiger partial charge is 0.485 e. The first-order valence-corrected chi connectivity index (χ1v) is 6.86. The Kier molecular flexibility index (Phi) is 4.42. The van der Waals surface area contributed by atoms with Crippen LogP contribution < -0.4 is 10.5 Å². The lowest BCUT2D eigenvalue weighted by molar-refractivity contribution is 0.287. The molecule has 0 heterocycles. The maximum atomic E-state index is 13.5. The summed E-state index contributed by atoms with van der Waals surface area (Å²) in [5, 5.41) is 0. The summed E-state index contributed by atoms with van der Waals surface area (Å²) in [6.07, 6.45) is 0. The molecule has 2 nitrogen and oxygen atoms in total. The van der Waals surface area contributed by atoms with E-state index in [9.17, 15) is 8.78 Å². The van der Waals surface area contributed by atoms with Gasteiger partial charge in [0.2, 0.25) is 0 Å². The van der Waals surface area contributed by atoms with Crippen molar-refractivity contribution in [3.63, 3.8) is 0 Å². The van der Waals surface area contributed by atoms with Crippen LogP contribution in [0, 0.1) is 11.6 Å². The molecule has 6 heteroatoms. The highest BCUT2D eigenvalue weighted by Gasteiger charge is 2.11. The topological polar surface area (TPSA) is 35.2 Å². The van der Waals surface area contributed by atoms with Crippen molar-refractivity contribution in [3.8, 4) is 5.75 Å². The second-order valence-electron chi connectivity index (χ2n) is 3.88. The number of anilines is 1. The van der Waals surface area contributed by atoms with Crippen molar-refractivity contribution in [1.82, 2.24) is 0 Å². The van der Waals surface area contributed by atoms with Crippen molar-refractivity contribution in [2.24, 2.45) is 0 Å². The van der Waals surface area contributed by atoms with Gasteiger partial charge in [-0.25, -0.2) is 8.78 Å². The number of rotatable bonds is 3. The molecule has 2 aromatic carbocycles. The first-order chi connectivity index (χ1) is 8.95. The molecule has 0 unspecified atom stereocenters. The van der Waals surface area contributed by atoms with Crippen LogP contribution in [0.2, 0.25) is 0 Å². The van der Waals surface area contributed by atoms with Crippen molar-refractivity contribution in [2.45, 2.75) is 6.61 Å². The molecule has 0 saturated heterocycles. The summed E-state index contributed by atoms with van der Waals surface area (Å²) in [5.74, 6) is -1.45. The maximum Gasteiger partial charge on any atom is 0.169 e. The predicted molar refractivity (Wildman–Crippen MR) is 76.9 cm³/mol. The van der Waals surface area contributed by atoms with Gasteiger partial charge in [0, 0.05) is 16.2 Å². The minimum Gasteiger partial charge on any atom is -0.485 e. The SMILES string of the molecule is Nc1cc(Br)cc(COc2c(F)cc(F)cc2Br)c1. The second-order valence-corrected chi connectivity index (χ2v) is 5.65. The first-order valence-electron chi connectivity index (χ1n) is 5.28. The predicted octanol–water partition coefficient (Wildman–Crippen LogP) is 4.65. The fraction of sp³-hybridized carbons (Fsp3) is 0.0769. The Hall–Kier alpha value is -1.14. The molecule has 100 valence electrons. The number of hydrogen-bond donors (Lipinski definition) is 1. The molecule has 0 aliphatic heterocycles. The van der Waals surface area contributed by atoms with Crippen molar-refractivity contribution in [1.29, 1.82) is 0 Å². The Labute approximate surface area is 125 Å². The van der Waals surface area contributed by atoms with E-state index in [1.165, 1.54) is 0 Å². The van der Waals surface area contributed by atoms with Gasteiger partial charge in [0.15, 0.2) is 11.6 Å². The summed E-state index contributed by atoms with van der Waals surface area (Å²) in [6.45, 7) is 0.130. The van der Waals surface area contributed by atoms with E-state index in [1.54, 1.807) is 12.1 Å². The van der Waals surface area contributed by atoms with Crippen LogP contribution in [0.15, 0.2) is 39.3 Å². The normalized spacial score (nSPS) is 10.5. The van der Waals surface area contributed by atoms with Crippen LogP contribution in [-0.2, 0) is 6.61 Å². The van der Waals surface area contributed by atoms with E-state index >= 15 is 0 Å². The summed E-state index contributed by atoms with van der Waals surface area (Å²) in [4.78, 5) is 0. The van der Waals surface area contributed by atoms with E-state index in [-0.39, 0.29) is 16.8 Å². The summed E-state index contributed by atoms with van der Waals surface area (Å²) < 4.78 is 32.9. The molecule has 0 spiro atoms. The standard InChI is InChI=1S/C13H9Br2F2NO/c14-8-1-7(2-10(18)3-8)6-19-13-11(15)4-9(16)5-12(13)17/h1-5H,6,18H2. The van der Waals surface area contributed by atoms with Gasteiger partial charge in [-0.15, -0.1) is 0 Å². The third-order valence-electron chi connectivity index (χ3n) is 2.33. The lowest BCUT2D eigenvalue weighted by atomic mass is 10.2. The van der Waals surface area contributed by atoms with Crippen LogP contribution in [0.25, 0.3) is 0 Å². The highest BCUT2D eigenvalue weighted by molar-refractivity contribution is 9.10. The quantitative estimate of drug-likeness (QED) is 0.771. The summed E-state index contributed by atoms with van der Waals surface area (Å²) in [6, 6.07) is 7.20. The molecule has 0 amide bonds. The molecule has 0 aromatic heterocycles. The van der Waals surface area contributed by atoms with Crippen LogP contribution in [0.3, 0.4) is 0 Å². The molecule has 0 fully saturated rings. The second kappa shape index (κ2) is 5.88. The summed E-state index contributed by atoms with van der Waals surface area (Å²) >= 11 is 6.37. The molecule has 0 aliphatic carbocycles. The highest BCUT2D eigenvalue weighted by Crippen LogP contribution is 2.30. The van der Waals surface area contributed by atoms with Crippen molar-refractivity contribution in [3.05, 3.63) is 56.5 Å². The lowest BCUT2D eigenvalue weighted by Gasteiger charge is -2.10. The number of halogens is 4. The molecule has 2 aromatic rings. The van der Waals surface area contributed by atoms with Crippen LogP contribution in [0.1, 0.15) is 5.56 Å². The van der Waals surface area contributed by atoms with Gasteiger partial charge >= 0.3 is 0 Å². The number of benzene rings is 2. The maximum absolute atomic E-state index is 13.5.